The molecule has 0 bridgehead atoms. The maximum absolute atomic E-state index is 13.0. The predicted molar refractivity (Wildman–Crippen MR) is 134 cm³/mol. The highest BCUT2D eigenvalue weighted by Crippen LogP contribution is 2.12. The highest BCUT2D eigenvalue weighted by atomic mass is 32.2. The van der Waals surface area contributed by atoms with E-state index in [1.807, 2.05) is 60.7 Å². The average molecular weight is 493 g/mol. The Kier molecular flexibility index (Phi) is 9.20. The first-order chi connectivity index (χ1) is 16.8. The van der Waals surface area contributed by atoms with Gasteiger partial charge in [-0.05, 0) is 30.2 Å². The van der Waals surface area contributed by atoms with Crippen molar-refractivity contribution in [1.82, 2.24) is 10.6 Å². The summed E-state index contributed by atoms with van der Waals surface area (Å²) in [4.78, 5) is 25.6. The van der Waals surface area contributed by atoms with Gasteiger partial charge in [-0.25, -0.2) is 13.2 Å². The van der Waals surface area contributed by atoms with E-state index in [1.54, 1.807) is 25.1 Å². The van der Waals surface area contributed by atoms with Gasteiger partial charge in [0.25, 0.3) is 0 Å². The van der Waals surface area contributed by atoms with Gasteiger partial charge < -0.3 is 15.4 Å². The van der Waals surface area contributed by atoms with Crippen LogP contribution < -0.4 is 10.6 Å². The lowest BCUT2D eigenvalue weighted by atomic mass is 10.1. The normalized spacial score (nSPS) is 13.1. The Bertz CT molecular complexity index is 1230. The quantitative estimate of drug-likeness (QED) is 0.445. The topological polar surface area (TPSA) is 102 Å². The molecule has 2 atom stereocenters. The van der Waals surface area contributed by atoms with Crippen LogP contribution in [0.2, 0.25) is 0 Å². The van der Waals surface area contributed by atoms with Crippen molar-refractivity contribution in [1.29, 1.82) is 0 Å². The largest absolute Gasteiger partial charge is 0.445 e. The highest BCUT2D eigenvalue weighted by Gasteiger charge is 2.23. The lowest BCUT2D eigenvalue weighted by molar-refractivity contribution is -0.123. The van der Waals surface area contributed by atoms with Gasteiger partial charge in [0.05, 0.1) is 4.90 Å². The third kappa shape index (κ3) is 8.42. The molecular weight excluding hydrogens is 464 g/mol. The third-order valence-corrected chi connectivity index (χ3v) is 6.54. The van der Waals surface area contributed by atoms with Gasteiger partial charge >= 0.3 is 6.09 Å². The van der Waals surface area contributed by atoms with E-state index in [0.717, 1.165) is 16.5 Å². The second kappa shape index (κ2) is 12.5. The Labute approximate surface area is 205 Å². The molecule has 3 rings (SSSR count). The van der Waals surface area contributed by atoms with Gasteiger partial charge in [-0.2, -0.15) is 0 Å². The summed E-state index contributed by atoms with van der Waals surface area (Å²) in [5.74, 6) is -0.459. The summed E-state index contributed by atoms with van der Waals surface area (Å²) in [5, 5.41) is 6.44. The molecule has 8 heteroatoms. The minimum Gasteiger partial charge on any atom is -0.445 e. The first-order valence-corrected chi connectivity index (χ1v) is 12.7. The van der Waals surface area contributed by atoms with E-state index in [9.17, 15) is 18.0 Å². The lowest BCUT2D eigenvalue weighted by Crippen LogP contribution is -2.50. The zero-order chi connectivity index (χ0) is 25.1. The summed E-state index contributed by atoms with van der Waals surface area (Å²) in [7, 11) is -3.63. The standard InChI is InChI=1S/C27H28N2O5S/c1-21(17-18-35(32,33)24-15-9-4-10-16-24)28-26(30)25(19-22-11-5-2-6-12-22)29-27(31)34-20-23-13-7-3-8-14-23/h2-18,21,25H,19-20H2,1H3,(H,28,30)(H,29,31)/b18-17+/t21-,25-/m0/s1. The zero-order valence-corrected chi connectivity index (χ0v) is 20.1. The van der Waals surface area contributed by atoms with E-state index in [4.69, 9.17) is 4.74 Å². The summed E-state index contributed by atoms with van der Waals surface area (Å²) in [5.41, 5.74) is 1.68. The van der Waals surface area contributed by atoms with Crippen molar-refractivity contribution in [2.75, 3.05) is 0 Å². The fourth-order valence-electron chi connectivity index (χ4n) is 3.25. The van der Waals surface area contributed by atoms with Gasteiger partial charge in [0.15, 0.2) is 9.84 Å². The predicted octanol–water partition coefficient (Wildman–Crippen LogP) is 4.02. The fourth-order valence-corrected chi connectivity index (χ4v) is 4.39. The Morgan fingerprint density at radius 2 is 1.37 bits per heavy atom. The zero-order valence-electron chi connectivity index (χ0n) is 19.3. The number of sulfone groups is 1. The molecule has 0 radical (unpaired) electrons. The van der Waals surface area contributed by atoms with E-state index in [2.05, 4.69) is 10.6 Å². The molecule has 0 aromatic heterocycles. The summed E-state index contributed by atoms with van der Waals surface area (Å²) < 4.78 is 30.2. The monoisotopic (exact) mass is 492 g/mol. The number of benzene rings is 3. The summed E-state index contributed by atoms with van der Waals surface area (Å²) in [6.07, 6.45) is 0.916. The van der Waals surface area contributed by atoms with Crippen LogP contribution >= 0.6 is 0 Å². The van der Waals surface area contributed by atoms with Crippen molar-refractivity contribution < 1.29 is 22.7 Å². The second-order valence-electron chi connectivity index (χ2n) is 7.93. The molecule has 3 aromatic carbocycles. The number of hydrogen-bond donors (Lipinski definition) is 2. The van der Waals surface area contributed by atoms with Crippen molar-refractivity contribution in [3.8, 4) is 0 Å². The van der Waals surface area contributed by atoms with Crippen molar-refractivity contribution in [3.05, 3.63) is 114 Å². The number of rotatable bonds is 10. The molecule has 0 spiro atoms. The average Bonchev–Trinajstić information content (AvgIpc) is 2.88. The smallest absolute Gasteiger partial charge is 0.408 e. The van der Waals surface area contributed by atoms with Crippen LogP contribution in [0.25, 0.3) is 0 Å². The summed E-state index contributed by atoms with van der Waals surface area (Å²) >= 11 is 0. The van der Waals surface area contributed by atoms with Gasteiger partial charge in [0.1, 0.15) is 12.6 Å². The number of carbonyl (C=O) groups excluding carboxylic acids is 2. The van der Waals surface area contributed by atoms with Crippen molar-refractivity contribution >= 4 is 21.8 Å². The van der Waals surface area contributed by atoms with Gasteiger partial charge in [-0.15, -0.1) is 0 Å². The highest BCUT2D eigenvalue weighted by molar-refractivity contribution is 7.94. The van der Waals surface area contributed by atoms with Crippen LogP contribution in [0.1, 0.15) is 18.1 Å². The van der Waals surface area contributed by atoms with Crippen LogP contribution in [0, 0.1) is 0 Å². The van der Waals surface area contributed by atoms with E-state index in [0.29, 0.717) is 0 Å². The molecule has 0 aliphatic heterocycles. The van der Waals surface area contributed by atoms with E-state index in [1.165, 1.54) is 18.2 Å². The minimum absolute atomic E-state index is 0.0723. The molecule has 3 aromatic rings. The Balaban J connectivity index is 1.64. The third-order valence-electron chi connectivity index (χ3n) is 5.09. The van der Waals surface area contributed by atoms with Gasteiger partial charge in [-0.1, -0.05) is 84.9 Å². The molecular formula is C27H28N2O5S. The number of ether oxygens (including phenoxy) is 1. The Morgan fingerprint density at radius 1 is 0.829 bits per heavy atom. The molecule has 0 heterocycles. The number of amides is 2. The van der Waals surface area contributed by atoms with E-state index >= 15 is 0 Å². The van der Waals surface area contributed by atoms with Crippen LogP contribution in [-0.2, 0) is 32.4 Å². The van der Waals surface area contributed by atoms with Gasteiger partial charge in [0, 0.05) is 17.9 Å². The molecule has 0 saturated carbocycles. The number of hydrogen-bond acceptors (Lipinski definition) is 5. The molecule has 0 aliphatic carbocycles. The van der Waals surface area contributed by atoms with E-state index in [-0.39, 0.29) is 17.9 Å². The second-order valence-corrected chi connectivity index (χ2v) is 9.77. The molecule has 0 fully saturated rings. The van der Waals surface area contributed by atoms with Crippen molar-refractivity contribution in [2.24, 2.45) is 0 Å². The maximum Gasteiger partial charge on any atom is 0.408 e. The van der Waals surface area contributed by atoms with Crippen molar-refractivity contribution in [2.45, 2.75) is 36.9 Å². The molecule has 2 amide bonds. The number of carbonyl (C=O) groups is 2. The molecule has 0 saturated heterocycles. The lowest BCUT2D eigenvalue weighted by Gasteiger charge is -2.20. The first-order valence-electron chi connectivity index (χ1n) is 11.1. The molecule has 0 aliphatic rings. The number of alkyl carbamates (subject to hydrolysis) is 1. The molecule has 182 valence electrons. The van der Waals surface area contributed by atoms with Crippen LogP contribution in [0.15, 0.2) is 107 Å². The Morgan fingerprint density at radius 3 is 1.97 bits per heavy atom. The maximum atomic E-state index is 13.0. The Hall–Kier alpha value is -3.91. The molecule has 0 unspecified atom stereocenters. The van der Waals surface area contributed by atoms with Gasteiger partial charge in [0.2, 0.25) is 5.91 Å². The minimum atomic E-state index is -3.63. The van der Waals surface area contributed by atoms with Crippen LogP contribution in [0.4, 0.5) is 4.79 Å². The molecule has 35 heavy (non-hydrogen) atoms. The van der Waals surface area contributed by atoms with Crippen LogP contribution in [-0.4, -0.2) is 32.5 Å². The fraction of sp³-hybridized carbons (Fsp3) is 0.185. The number of nitrogens with one attached hydrogen (secondary N) is 2. The van der Waals surface area contributed by atoms with Crippen LogP contribution in [0.3, 0.4) is 0 Å². The van der Waals surface area contributed by atoms with Gasteiger partial charge in [-0.3, -0.25) is 4.79 Å². The van der Waals surface area contributed by atoms with Crippen molar-refractivity contribution in [3.63, 3.8) is 0 Å². The van der Waals surface area contributed by atoms with E-state index < -0.39 is 33.9 Å². The summed E-state index contributed by atoms with van der Waals surface area (Å²) in [6.45, 7) is 1.73. The van der Waals surface area contributed by atoms with Crippen LogP contribution in [0.5, 0.6) is 0 Å². The SMILES string of the molecule is C[C@@H](/C=C/S(=O)(=O)c1ccccc1)NC(=O)[C@H](Cc1ccccc1)NC(=O)OCc1ccccc1. The first kappa shape index (κ1) is 25.7. The summed E-state index contributed by atoms with van der Waals surface area (Å²) in [6, 6.07) is 25.0. The molecule has 2 N–H and O–H groups in total. The molecule has 7 nitrogen and oxygen atoms in total.